The number of rotatable bonds is 6. The van der Waals surface area contributed by atoms with Gasteiger partial charge in [-0.25, -0.2) is 4.98 Å². The second-order valence-electron chi connectivity index (χ2n) is 9.47. The van der Waals surface area contributed by atoms with Crippen molar-refractivity contribution >= 4 is 17.6 Å². The van der Waals surface area contributed by atoms with Gasteiger partial charge in [-0.1, -0.05) is 31.2 Å². The number of carbonyl (C=O) groups excluding carboxylic acids is 2. The molecule has 3 N–H and O–H groups in total. The van der Waals surface area contributed by atoms with Crippen molar-refractivity contribution in [2.75, 3.05) is 12.3 Å². The van der Waals surface area contributed by atoms with Crippen molar-refractivity contribution in [1.29, 1.82) is 0 Å². The molecule has 0 bridgehead atoms. The van der Waals surface area contributed by atoms with Crippen molar-refractivity contribution < 1.29 is 9.59 Å². The van der Waals surface area contributed by atoms with E-state index in [9.17, 15) is 9.59 Å². The Bertz CT molecular complexity index is 1250. The summed E-state index contributed by atoms with van der Waals surface area (Å²) in [4.78, 5) is 31.4. The van der Waals surface area contributed by atoms with Crippen molar-refractivity contribution in [1.82, 2.24) is 25.0 Å². The molecule has 1 saturated heterocycles. The van der Waals surface area contributed by atoms with Crippen molar-refractivity contribution in [3.05, 3.63) is 76.2 Å². The molecule has 3 heterocycles. The fourth-order valence-corrected chi connectivity index (χ4v) is 4.92. The fourth-order valence-electron chi connectivity index (χ4n) is 4.92. The zero-order chi connectivity index (χ0) is 23.8. The molecule has 0 spiro atoms. The predicted molar refractivity (Wildman–Crippen MR) is 129 cm³/mol. The van der Waals surface area contributed by atoms with Crippen LogP contribution in [0.3, 0.4) is 0 Å². The van der Waals surface area contributed by atoms with E-state index in [1.807, 2.05) is 17.9 Å². The molecule has 2 amide bonds. The minimum Gasteiger partial charge on any atom is -0.384 e. The summed E-state index contributed by atoms with van der Waals surface area (Å²) in [7, 11) is 0. The van der Waals surface area contributed by atoms with Crippen molar-refractivity contribution in [2.45, 2.75) is 52.2 Å². The number of hydrogen-bond donors (Lipinski definition) is 2. The third-order valence-corrected chi connectivity index (χ3v) is 6.95. The zero-order valence-corrected chi connectivity index (χ0v) is 19.6. The van der Waals surface area contributed by atoms with Crippen LogP contribution in [0.2, 0.25) is 0 Å². The molecule has 3 aromatic rings. The molecule has 1 unspecified atom stereocenters. The van der Waals surface area contributed by atoms with Gasteiger partial charge in [-0.2, -0.15) is 5.10 Å². The van der Waals surface area contributed by atoms with Gasteiger partial charge in [0.05, 0.1) is 24.3 Å². The molecule has 176 valence electrons. The lowest BCUT2D eigenvalue weighted by atomic mass is 10.0. The largest absolute Gasteiger partial charge is 0.384 e. The highest BCUT2D eigenvalue weighted by Crippen LogP contribution is 2.30. The maximum Gasteiger partial charge on any atom is 0.254 e. The number of hydrogen-bond acceptors (Lipinski definition) is 5. The lowest BCUT2D eigenvalue weighted by Crippen LogP contribution is -2.26. The van der Waals surface area contributed by atoms with Crippen LogP contribution in [0.1, 0.15) is 64.1 Å². The second kappa shape index (κ2) is 8.93. The Hall–Kier alpha value is -3.68. The Morgan fingerprint density at radius 1 is 1.21 bits per heavy atom. The molecule has 34 heavy (non-hydrogen) atoms. The van der Waals surface area contributed by atoms with Gasteiger partial charge in [0.15, 0.2) is 0 Å². The Balaban J connectivity index is 1.21. The normalized spacial score (nSPS) is 19.5. The molecule has 2 atom stereocenters. The molecule has 2 aliphatic rings. The monoisotopic (exact) mass is 458 g/mol. The van der Waals surface area contributed by atoms with E-state index in [0.29, 0.717) is 24.5 Å². The molecule has 8 nitrogen and oxygen atoms in total. The number of nitrogens with one attached hydrogen (secondary N) is 1. The van der Waals surface area contributed by atoms with Gasteiger partial charge in [0, 0.05) is 30.9 Å². The van der Waals surface area contributed by atoms with Gasteiger partial charge >= 0.3 is 0 Å². The molecule has 2 aromatic heterocycles. The number of nitrogen functional groups attached to an aromatic ring is 1. The maximum absolute atomic E-state index is 12.8. The van der Waals surface area contributed by atoms with Crippen LogP contribution in [0.5, 0.6) is 0 Å². The number of nitrogens with zero attached hydrogens (tertiary/aromatic N) is 4. The smallest absolute Gasteiger partial charge is 0.254 e. The molecule has 1 fully saturated rings. The van der Waals surface area contributed by atoms with Crippen LogP contribution in [0.15, 0.2) is 42.7 Å². The number of carbonyl (C=O) groups is 2. The summed E-state index contributed by atoms with van der Waals surface area (Å²) in [6.07, 6.45) is 5.95. The Morgan fingerprint density at radius 3 is 2.82 bits per heavy atom. The van der Waals surface area contributed by atoms with Gasteiger partial charge in [0.1, 0.15) is 5.82 Å². The van der Waals surface area contributed by atoms with Gasteiger partial charge < -0.3 is 16.0 Å². The molecular formula is C26H30N6O2. The van der Waals surface area contributed by atoms with Gasteiger partial charge in [-0.15, -0.1) is 0 Å². The first-order valence-corrected chi connectivity index (χ1v) is 11.8. The number of aromatic nitrogens is 3. The second-order valence-corrected chi connectivity index (χ2v) is 9.47. The quantitative estimate of drug-likeness (QED) is 0.591. The number of likely N-dealkylation sites (tertiary alicyclic amines) is 1. The van der Waals surface area contributed by atoms with Gasteiger partial charge in [0.2, 0.25) is 5.91 Å². The van der Waals surface area contributed by atoms with E-state index in [-0.39, 0.29) is 23.8 Å². The summed E-state index contributed by atoms with van der Waals surface area (Å²) >= 11 is 0. The molecular weight excluding hydrogens is 428 g/mol. The summed E-state index contributed by atoms with van der Waals surface area (Å²) in [5, 5.41) is 7.49. The van der Waals surface area contributed by atoms with Gasteiger partial charge in [-0.3, -0.25) is 14.3 Å². The molecule has 1 aromatic carbocycles. The average Bonchev–Trinajstić information content (AvgIpc) is 3.51. The zero-order valence-electron chi connectivity index (χ0n) is 19.6. The van der Waals surface area contributed by atoms with Crippen molar-refractivity contribution in [2.24, 2.45) is 5.92 Å². The van der Waals surface area contributed by atoms with Gasteiger partial charge in [0.25, 0.3) is 5.91 Å². The summed E-state index contributed by atoms with van der Waals surface area (Å²) in [6.45, 7) is 6.14. The lowest BCUT2D eigenvalue weighted by Gasteiger charge is -2.18. The van der Waals surface area contributed by atoms with Crippen LogP contribution >= 0.6 is 0 Å². The van der Waals surface area contributed by atoms with E-state index in [1.165, 1.54) is 5.56 Å². The molecule has 0 saturated carbocycles. The number of anilines is 1. The summed E-state index contributed by atoms with van der Waals surface area (Å²) in [6, 6.07) is 9.97. The average molecular weight is 459 g/mol. The first-order valence-electron chi connectivity index (χ1n) is 11.8. The maximum atomic E-state index is 12.8. The van der Waals surface area contributed by atoms with E-state index in [2.05, 4.69) is 40.5 Å². The highest BCUT2D eigenvalue weighted by atomic mass is 16.2. The summed E-state index contributed by atoms with van der Waals surface area (Å²) in [5.74, 6) is 0.739. The standard InChI is InChI=1S/C26H30N6O2/c1-16-9-10-31(26(16)34)14-19-4-3-18(11-17(19)2)13-32-15-20(12-28-32)25(33)30-23-7-6-22-21(23)5-8-24(27)29-22/h3-5,8,11-12,15-16,23H,6-7,9-10,13-14H2,1-2H3,(H2,27,29)(H,30,33)/t16?,23-/m1/s1. The van der Waals surface area contributed by atoms with Crippen LogP contribution < -0.4 is 11.1 Å². The van der Waals surface area contributed by atoms with E-state index in [4.69, 9.17) is 5.73 Å². The van der Waals surface area contributed by atoms with Crippen LogP contribution in [0.4, 0.5) is 5.82 Å². The first kappa shape index (κ1) is 22.1. The molecule has 5 rings (SSSR count). The van der Waals surface area contributed by atoms with Gasteiger partial charge in [-0.05, 0) is 54.5 Å². The van der Waals surface area contributed by atoms with Crippen LogP contribution in [-0.2, 0) is 24.3 Å². The molecule has 8 heteroatoms. The first-order chi connectivity index (χ1) is 16.4. The third kappa shape index (κ3) is 4.40. The van der Waals surface area contributed by atoms with Crippen molar-refractivity contribution in [3.8, 4) is 0 Å². The molecule has 0 radical (unpaired) electrons. The minimum absolute atomic E-state index is 0.0559. The topological polar surface area (TPSA) is 106 Å². The van der Waals surface area contributed by atoms with E-state index < -0.39 is 0 Å². The Labute approximate surface area is 199 Å². The number of benzene rings is 1. The summed E-state index contributed by atoms with van der Waals surface area (Å²) in [5.41, 5.74) is 11.7. The highest BCUT2D eigenvalue weighted by Gasteiger charge is 2.28. The third-order valence-electron chi connectivity index (χ3n) is 6.95. The van der Waals surface area contributed by atoms with E-state index >= 15 is 0 Å². The Kier molecular flexibility index (Phi) is 5.81. The number of fused-ring (bicyclic) bond motifs is 1. The van der Waals surface area contributed by atoms with E-state index in [1.54, 1.807) is 23.1 Å². The molecule has 1 aliphatic carbocycles. The number of nitrogens with two attached hydrogens (primary N) is 1. The number of aryl methyl sites for hydroxylation is 2. The predicted octanol–water partition coefficient (Wildman–Crippen LogP) is 3.00. The van der Waals surface area contributed by atoms with E-state index in [0.717, 1.165) is 48.2 Å². The van der Waals surface area contributed by atoms with Crippen molar-refractivity contribution in [3.63, 3.8) is 0 Å². The van der Waals surface area contributed by atoms with Crippen LogP contribution in [-0.4, -0.2) is 38.0 Å². The fraction of sp³-hybridized carbons (Fsp3) is 0.385. The highest BCUT2D eigenvalue weighted by molar-refractivity contribution is 5.94. The lowest BCUT2D eigenvalue weighted by molar-refractivity contribution is -0.131. The number of pyridine rings is 1. The number of amides is 2. The summed E-state index contributed by atoms with van der Waals surface area (Å²) < 4.78 is 1.78. The molecule has 1 aliphatic heterocycles. The van der Waals surface area contributed by atoms with Crippen LogP contribution in [0, 0.1) is 12.8 Å². The minimum atomic E-state index is -0.142. The SMILES string of the molecule is Cc1cc(Cn2cc(C(=O)N[C@@H]3CCc4nc(N)ccc43)cn2)ccc1CN1CCC(C)C1=O. The Morgan fingerprint density at radius 2 is 2.06 bits per heavy atom. The van der Waals surface area contributed by atoms with Crippen LogP contribution in [0.25, 0.3) is 0 Å².